The van der Waals surface area contributed by atoms with Crippen molar-refractivity contribution < 1.29 is 37.6 Å². The van der Waals surface area contributed by atoms with Crippen molar-refractivity contribution in [1.82, 2.24) is 0 Å². The van der Waals surface area contributed by atoms with Crippen LogP contribution in [-0.2, 0) is 32.7 Å². The molecular weight excluding hydrogens is 798 g/mol. The third-order valence-corrected chi connectivity index (χ3v) is 10.7. The van der Waals surface area contributed by atoms with Crippen LogP contribution in [0.15, 0.2) is 97.2 Å². The lowest BCUT2D eigenvalue weighted by molar-refractivity contribution is -0.161. The largest absolute Gasteiger partial charge is 0.472 e. The average molecular weight is 886 g/mol. The third kappa shape index (κ3) is 46.4. The van der Waals surface area contributed by atoms with E-state index < -0.39 is 32.5 Å². The van der Waals surface area contributed by atoms with Gasteiger partial charge in [0.15, 0.2) is 6.10 Å². The Balaban J connectivity index is 4.24. The minimum Gasteiger partial charge on any atom is -0.462 e. The second kappa shape index (κ2) is 47.4. The highest BCUT2D eigenvalue weighted by Crippen LogP contribution is 2.43. The van der Waals surface area contributed by atoms with Gasteiger partial charge >= 0.3 is 19.8 Å². The van der Waals surface area contributed by atoms with Gasteiger partial charge in [-0.1, -0.05) is 182 Å². The molecule has 0 aromatic rings. The fourth-order valence-corrected chi connectivity index (χ4v) is 6.91. The Morgan fingerprint density at radius 1 is 0.500 bits per heavy atom. The summed E-state index contributed by atoms with van der Waals surface area (Å²) in [7, 11) is -4.40. The number of phosphoric ester groups is 1. The molecule has 0 aliphatic heterocycles. The predicted molar refractivity (Wildman–Crippen MR) is 261 cm³/mol. The first-order chi connectivity index (χ1) is 30.3. The molecule has 0 spiro atoms. The van der Waals surface area contributed by atoms with Crippen LogP contribution in [0.1, 0.15) is 187 Å². The zero-order chi connectivity index (χ0) is 45.3. The van der Waals surface area contributed by atoms with Gasteiger partial charge in [0, 0.05) is 19.4 Å². The number of hydrogen-bond acceptors (Lipinski definition) is 8. The first-order valence-corrected chi connectivity index (χ1v) is 25.7. The van der Waals surface area contributed by atoms with E-state index in [1.807, 2.05) is 6.08 Å². The van der Waals surface area contributed by atoms with E-state index in [1.54, 1.807) is 0 Å². The first kappa shape index (κ1) is 58.9. The zero-order valence-corrected chi connectivity index (χ0v) is 40.0. The smallest absolute Gasteiger partial charge is 0.462 e. The molecule has 3 N–H and O–H groups in total. The maximum atomic E-state index is 12.6. The van der Waals surface area contributed by atoms with Crippen molar-refractivity contribution in [1.29, 1.82) is 0 Å². The molecule has 10 heteroatoms. The van der Waals surface area contributed by atoms with E-state index in [1.165, 1.54) is 70.6 Å². The molecule has 0 fully saturated rings. The Morgan fingerprint density at radius 3 is 1.39 bits per heavy atom. The minimum absolute atomic E-state index is 0.0385. The Labute approximate surface area is 378 Å². The molecule has 0 bridgehead atoms. The maximum Gasteiger partial charge on any atom is 0.472 e. The highest BCUT2D eigenvalue weighted by Gasteiger charge is 2.26. The number of hydrogen-bond donors (Lipinski definition) is 2. The quantitative estimate of drug-likeness (QED) is 0.0265. The molecule has 0 aliphatic carbocycles. The zero-order valence-electron chi connectivity index (χ0n) is 39.1. The second-order valence-corrected chi connectivity index (χ2v) is 17.0. The lowest BCUT2D eigenvalue weighted by Gasteiger charge is -2.19. The molecule has 0 saturated heterocycles. The van der Waals surface area contributed by atoms with Crippen LogP contribution in [0.3, 0.4) is 0 Å². The molecule has 62 heavy (non-hydrogen) atoms. The monoisotopic (exact) mass is 886 g/mol. The van der Waals surface area contributed by atoms with Crippen LogP contribution in [0, 0.1) is 0 Å². The second-order valence-electron chi connectivity index (χ2n) is 15.6. The van der Waals surface area contributed by atoms with Crippen LogP contribution < -0.4 is 5.73 Å². The summed E-state index contributed by atoms with van der Waals surface area (Å²) < 4.78 is 32.8. The lowest BCUT2D eigenvalue weighted by Crippen LogP contribution is -2.29. The first-order valence-electron chi connectivity index (χ1n) is 24.2. The predicted octanol–water partition coefficient (Wildman–Crippen LogP) is 14.6. The summed E-state index contributed by atoms with van der Waals surface area (Å²) in [6.45, 7) is 3.54. The highest BCUT2D eigenvalue weighted by atomic mass is 31.2. The van der Waals surface area contributed by atoms with Crippen molar-refractivity contribution in [3.63, 3.8) is 0 Å². The van der Waals surface area contributed by atoms with Gasteiger partial charge < -0.3 is 20.1 Å². The minimum atomic E-state index is -4.40. The Hall–Kier alpha value is -3.07. The number of nitrogens with two attached hydrogens (primary N) is 1. The normalized spacial score (nSPS) is 14.1. The number of phosphoric acid groups is 1. The van der Waals surface area contributed by atoms with Gasteiger partial charge in [-0.3, -0.25) is 18.6 Å². The van der Waals surface area contributed by atoms with Crippen molar-refractivity contribution >= 4 is 19.8 Å². The number of carbonyl (C=O) groups is 2. The van der Waals surface area contributed by atoms with E-state index in [4.69, 9.17) is 24.3 Å². The standard InChI is InChI=1S/C52H88NO8P/c1-3-5-7-9-11-13-15-17-19-21-23-24-25-26-27-29-31-33-35-37-39-41-43-45-52(55)61-50(49-60-62(56,57)59-47-46-53)48-58-51(54)44-42-40-38-36-34-32-30-28-22-20-18-16-14-12-10-8-6-4-2/h5,7,11,13,17,19-20,22-24,26-27,31,33,37,39,50H,3-4,6,8-10,12,14-16,18,21,25,28-30,32,34-36,38,40-49,53H2,1-2H3,(H,56,57)/b7-5-,13-11-,19-17-,22-20-,24-23-,27-26-,33-31-,39-37-. The third-order valence-electron chi connectivity index (χ3n) is 9.70. The van der Waals surface area contributed by atoms with E-state index in [0.29, 0.717) is 19.3 Å². The molecule has 0 aromatic carbocycles. The molecule has 9 nitrogen and oxygen atoms in total. The van der Waals surface area contributed by atoms with Crippen LogP contribution in [0.4, 0.5) is 0 Å². The van der Waals surface area contributed by atoms with Gasteiger partial charge in [0.25, 0.3) is 0 Å². The van der Waals surface area contributed by atoms with Crippen molar-refractivity contribution in [2.24, 2.45) is 5.73 Å². The van der Waals surface area contributed by atoms with Gasteiger partial charge in [-0.2, -0.15) is 0 Å². The van der Waals surface area contributed by atoms with Gasteiger partial charge in [-0.05, 0) is 89.9 Å². The van der Waals surface area contributed by atoms with E-state index >= 15 is 0 Å². The summed E-state index contributed by atoms with van der Waals surface area (Å²) in [6, 6.07) is 0. The average Bonchev–Trinajstić information content (AvgIpc) is 3.26. The van der Waals surface area contributed by atoms with Gasteiger partial charge in [-0.25, -0.2) is 4.57 Å². The van der Waals surface area contributed by atoms with Crippen LogP contribution in [0.5, 0.6) is 0 Å². The van der Waals surface area contributed by atoms with E-state index in [-0.39, 0.29) is 32.6 Å². The Kier molecular flexibility index (Phi) is 45.1. The topological polar surface area (TPSA) is 134 Å². The summed E-state index contributed by atoms with van der Waals surface area (Å²) in [5.74, 6) is -0.909. The summed E-state index contributed by atoms with van der Waals surface area (Å²) in [5, 5.41) is 0. The summed E-state index contributed by atoms with van der Waals surface area (Å²) >= 11 is 0. The maximum absolute atomic E-state index is 12.6. The number of allylic oxidation sites excluding steroid dienone is 16. The van der Waals surface area contributed by atoms with Crippen molar-refractivity contribution in [2.75, 3.05) is 26.4 Å². The SMILES string of the molecule is CC/C=C\C/C=C\C/C=C\C/C=C\C/C=C\C/C=C\C/C=C\CCCC(=O)OC(COC(=O)CCCCCCCCC/C=C\CCCCCCCCC)COP(=O)(O)OCCN. The number of ether oxygens (including phenoxy) is 2. The van der Waals surface area contributed by atoms with Gasteiger partial charge in [0.1, 0.15) is 6.61 Å². The molecule has 0 aliphatic rings. The van der Waals surface area contributed by atoms with Crippen molar-refractivity contribution in [3.8, 4) is 0 Å². The van der Waals surface area contributed by atoms with Crippen molar-refractivity contribution in [3.05, 3.63) is 97.2 Å². The molecule has 0 heterocycles. The molecule has 0 aromatic heterocycles. The molecule has 2 unspecified atom stereocenters. The lowest BCUT2D eigenvalue weighted by atomic mass is 10.1. The summed E-state index contributed by atoms with van der Waals surface area (Å²) in [4.78, 5) is 35.0. The molecule has 0 rings (SSSR count). The van der Waals surface area contributed by atoms with Gasteiger partial charge in [0.05, 0.1) is 13.2 Å². The number of rotatable bonds is 44. The van der Waals surface area contributed by atoms with Gasteiger partial charge in [0.2, 0.25) is 0 Å². The van der Waals surface area contributed by atoms with E-state index in [9.17, 15) is 19.0 Å². The number of carbonyl (C=O) groups excluding carboxylic acids is 2. The van der Waals surface area contributed by atoms with Crippen LogP contribution >= 0.6 is 7.82 Å². The summed E-state index contributed by atoms with van der Waals surface area (Å²) in [5.41, 5.74) is 5.36. The molecule has 2 atom stereocenters. The van der Waals surface area contributed by atoms with Crippen LogP contribution in [0.2, 0.25) is 0 Å². The number of esters is 2. The van der Waals surface area contributed by atoms with Crippen molar-refractivity contribution in [2.45, 2.75) is 193 Å². The molecule has 0 amide bonds. The molecule has 0 saturated carbocycles. The highest BCUT2D eigenvalue weighted by molar-refractivity contribution is 7.47. The number of unbranched alkanes of at least 4 members (excludes halogenated alkanes) is 15. The van der Waals surface area contributed by atoms with Crippen LogP contribution in [0.25, 0.3) is 0 Å². The molecule has 0 radical (unpaired) electrons. The van der Waals surface area contributed by atoms with E-state index in [0.717, 1.165) is 70.6 Å². The Morgan fingerprint density at radius 2 is 0.903 bits per heavy atom. The van der Waals surface area contributed by atoms with Gasteiger partial charge in [-0.15, -0.1) is 0 Å². The molecular formula is C52H88NO8P. The van der Waals surface area contributed by atoms with Crippen LogP contribution in [-0.4, -0.2) is 49.3 Å². The van der Waals surface area contributed by atoms with E-state index in [2.05, 4.69) is 105 Å². The Bertz CT molecular complexity index is 1330. The fraction of sp³-hybridized carbons (Fsp3) is 0.654. The molecule has 354 valence electrons. The fourth-order valence-electron chi connectivity index (χ4n) is 6.15. The summed E-state index contributed by atoms with van der Waals surface area (Å²) in [6.07, 6.45) is 61.6.